The number of aromatic amines is 1. The molecule has 1 aromatic heterocycles. The fraction of sp³-hybridized carbons (Fsp3) is 0.444. The lowest BCUT2D eigenvalue weighted by atomic mass is 10.2. The van der Waals surface area contributed by atoms with Gasteiger partial charge in [-0.1, -0.05) is 0 Å². The normalized spacial score (nSPS) is 9.87. The Balaban J connectivity index is 3.07. The van der Waals surface area contributed by atoms with Crippen LogP contribution in [-0.2, 0) is 0 Å². The summed E-state index contributed by atoms with van der Waals surface area (Å²) in [4.78, 5) is 32.5. The molecule has 0 saturated heterocycles. The van der Waals surface area contributed by atoms with Gasteiger partial charge in [-0.2, -0.15) is 0 Å². The van der Waals surface area contributed by atoms with Gasteiger partial charge in [-0.05, 0) is 0 Å². The average Bonchev–Trinajstić information content (AvgIpc) is 2.63. The van der Waals surface area contributed by atoms with Crippen molar-refractivity contribution < 1.29 is 9.59 Å². The maximum absolute atomic E-state index is 11.6. The van der Waals surface area contributed by atoms with Crippen LogP contribution >= 0.6 is 0 Å². The van der Waals surface area contributed by atoms with Gasteiger partial charge in [-0.15, -0.1) is 0 Å². The van der Waals surface area contributed by atoms with Crippen LogP contribution < -0.4 is 0 Å². The number of hydrogen-bond acceptors (Lipinski definition) is 3. The fourth-order valence-corrected chi connectivity index (χ4v) is 1.05. The molecule has 1 aromatic rings. The van der Waals surface area contributed by atoms with Gasteiger partial charge in [0.1, 0.15) is 5.69 Å². The third kappa shape index (κ3) is 2.15. The molecule has 2 amide bonds. The van der Waals surface area contributed by atoms with Gasteiger partial charge >= 0.3 is 0 Å². The third-order valence-electron chi connectivity index (χ3n) is 1.87. The van der Waals surface area contributed by atoms with Crippen LogP contribution in [0.25, 0.3) is 0 Å². The highest BCUT2D eigenvalue weighted by Gasteiger charge is 2.22. The lowest BCUT2D eigenvalue weighted by molar-refractivity contribution is 0.0784. The van der Waals surface area contributed by atoms with E-state index < -0.39 is 0 Å². The molecule has 6 heteroatoms. The van der Waals surface area contributed by atoms with Crippen LogP contribution in [0.4, 0.5) is 0 Å². The maximum Gasteiger partial charge on any atom is 0.274 e. The lowest BCUT2D eigenvalue weighted by Gasteiger charge is -2.12. The average molecular weight is 210 g/mol. The molecule has 0 spiro atoms. The van der Waals surface area contributed by atoms with Gasteiger partial charge in [0.2, 0.25) is 0 Å². The van der Waals surface area contributed by atoms with Crippen LogP contribution in [0.3, 0.4) is 0 Å². The summed E-state index contributed by atoms with van der Waals surface area (Å²) >= 11 is 0. The highest BCUT2D eigenvalue weighted by atomic mass is 16.2. The zero-order valence-corrected chi connectivity index (χ0v) is 9.24. The number of nitrogens with one attached hydrogen (secondary N) is 1. The van der Waals surface area contributed by atoms with Gasteiger partial charge in [0, 0.05) is 28.2 Å². The van der Waals surface area contributed by atoms with Crippen molar-refractivity contribution in [3.63, 3.8) is 0 Å². The number of nitrogens with zero attached hydrogens (tertiary/aromatic N) is 3. The SMILES string of the molecule is CN(C)C(=O)c1nc[nH]c1C(=O)N(C)C. The van der Waals surface area contributed by atoms with E-state index in [0.29, 0.717) is 0 Å². The number of carbonyl (C=O) groups excluding carboxylic acids is 2. The maximum atomic E-state index is 11.6. The lowest BCUT2D eigenvalue weighted by Crippen LogP contribution is -2.28. The van der Waals surface area contributed by atoms with Gasteiger partial charge in [0.05, 0.1) is 6.33 Å². The van der Waals surface area contributed by atoms with E-state index >= 15 is 0 Å². The Hall–Kier alpha value is -1.85. The van der Waals surface area contributed by atoms with E-state index in [0.717, 1.165) is 0 Å². The summed E-state index contributed by atoms with van der Waals surface area (Å²) in [5, 5.41) is 0. The van der Waals surface area contributed by atoms with E-state index in [4.69, 9.17) is 0 Å². The monoisotopic (exact) mass is 210 g/mol. The molecule has 0 aliphatic heterocycles. The second kappa shape index (κ2) is 4.12. The van der Waals surface area contributed by atoms with Gasteiger partial charge in [-0.25, -0.2) is 4.98 Å². The summed E-state index contributed by atoms with van der Waals surface area (Å²) in [6, 6.07) is 0. The number of aromatic nitrogens is 2. The van der Waals surface area contributed by atoms with E-state index in [9.17, 15) is 9.59 Å². The molecule has 0 aliphatic rings. The molecular formula is C9H14N4O2. The van der Waals surface area contributed by atoms with Crippen molar-refractivity contribution >= 4 is 11.8 Å². The van der Waals surface area contributed by atoms with Crippen molar-refractivity contribution in [2.45, 2.75) is 0 Å². The first kappa shape index (κ1) is 11.2. The Morgan fingerprint density at radius 2 is 1.67 bits per heavy atom. The van der Waals surface area contributed by atoms with Gasteiger partial charge in [0.25, 0.3) is 11.8 Å². The number of carbonyl (C=O) groups is 2. The summed E-state index contributed by atoms with van der Waals surface area (Å²) in [6.45, 7) is 0. The Labute approximate surface area is 87.9 Å². The predicted octanol–water partition coefficient (Wildman–Crippen LogP) is -0.187. The van der Waals surface area contributed by atoms with Gasteiger partial charge < -0.3 is 14.8 Å². The van der Waals surface area contributed by atoms with E-state index in [1.165, 1.54) is 16.1 Å². The van der Waals surface area contributed by atoms with Crippen LogP contribution in [-0.4, -0.2) is 59.8 Å². The summed E-state index contributed by atoms with van der Waals surface area (Å²) in [7, 11) is 6.46. The highest BCUT2D eigenvalue weighted by Crippen LogP contribution is 2.07. The predicted molar refractivity (Wildman–Crippen MR) is 54.6 cm³/mol. The van der Waals surface area contributed by atoms with Crippen LogP contribution in [0.5, 0.6) is 0 Å². The smallest absolute Gasteiger partial charge is 0.274 e. The number of hydrogen-bond donors (Lipinski definition) is 1. The summed E-state index contributed by atoms with van der Waals surface area (Å²) in [5.74, 6) is -0.556. The molecule has 0 radical (unpaired) electrons. The molecule has 0 atom stereocenters. The van der Waals surface area contributed by atoms with Crippen LogP contribution in [0.15, 0.2) is 6.33 Å². The van der Waals surface area contributed by atoms with Crippen LogP contribution in [0.1, 0.15) is 21.0 Å². The molecule has 6 nitrogen and oxygen atoms in total. The van der Waals surface area contributed by atoms with E-state index in [2.05, 4.69) is 9.97 Å². The van der Waals surface area contributed by atoms with Crippen molar-refractivity contribution in [2.24, 2.45) is 0 Å². The Morgan fingerprint density at radius 3 is 2.13 bits per heavy atom. The highest BCUT2D eigenvalue weighted by molar-refractivity contribution is 6.04. The topological polar surface area (TPSA) is 69.3 Å². The van der Waals surface area contributed by atoms with Crippen LogP contribution in [0, 0.1) is 0 Å². The van der Waals surface area contributed by atoms with Gasteiger partial charge in [0.15, 0.2) is 5.69 Å². The minimum Gasteiger partial charge on any atom is -0.343 e. The number of amides is 2. The van der Waals surface area contributed by atoms with Crippen molar-refractivity contribution in [3.05, 3.63) is 17.7 Å². The molecule has 0 saturated carbocycles. The first-order valence-corrected chi connectivity index (χ1v) is 4.41. The number of H-pyrrole nitrogens is 1. The summed E-state index contributed by atoms with van der Waals surface area (Å²) in [6.07, 6.45) is 1.34. The molecule has 0 aliphatic carbocycles. The quantitative estimate of drug-likeness (QED) is 0.735. The Kier molecular flexibility index (Phi) is 3.08. The van der Waals surface area contributed by atoms with Crippen molar-refractivity contribution in [3.8, 4) is 0 Å². The van der Waals surface area contributed by atoms with E-state index in [1.807, 2.05) is 0 Å². The molecule has 0 fully saturated rings. The first-order chi connectivity index (χ1) is 6.95. The Bertz CT molecular complexity index is 347. The first-order valence-electron chi connectivity index (χ1n) is 4.41. The second-order valence-electron chi connectivity index (χ2n) is 3.53. The number of imidazole rings is 1. The molecule has 1 rings (SSSR count). The minimum absolute atomic E-state index is 0.152. The summed E-state index contributed by atoms with van der Waals surface area (Å²) < 4.78 is 0. The standard InChI is InChI=1S/C9H14N4O2/c1-12(2)8(14)6-7(11-5-10-6)9(15)13(3)4/h5H,1-4H3,(H,10,11). The molecule has 1 heterocycles. The summed E-state index contributed by atoms with van der Waals surface area (Å²) in [5.41, 5.74) is 0.373. The molecule has 0 bridgehead atoms. The minimum atomic E-state index is -0.290. The largest absolute Gasteiger partial charge is 0.343 e. The molecule has 1 N–H and O–H groups in total. The number of rotatable bonds is 2. The van der Waals surface area contributed by atoms with Crippen LogP contribution in [0.2, 0.25) is 0 Å². The van der Waals surface area contributed by atoms with Crippen molar-refractivity contribution in [1.29, 1.82) is 0 Å². The zero-order chi connectivity index (χ0) is 11.6. The van der Waals surface area contributed by atoms with E-state index in [1.54, 1.807) is 28.2 Å². The third-order valence-corrected chi connectivity index (χ3v) is 1.87. The van der Waals surface area contributed by atoms with Crippen molar-refractivity contribution in [1.82, 2.24) is 19.8 Å². The fourth-order valence-electron chi connectivity index (χ4n) is 1.05. The molecular weight excluding hydrogens is 196 g/mol. The van der Waals surface area contributed by atoms with Crippen molar-refractivity contribution in [2.75, 3.05) is 28.2 Å². The Morgan fingerprint density at radius 1 is 1.13 bits per heavy atom. The molecule has 0 aromatic carbocycles. The molecule has 82 valence electrons. The second-order valence-corrected chi connectivity index (χ2v) is 3.53. The van der Waals surface area contributed by atoms with Gasteiger partial charge in [-0.3, -0.25) is 9.59 Å². The molecule has 15 heavy (non-hydrogen) atoms. The molecule has 0 unspecified atom stereocenters. The van der Waals surface area contributed by atoms with E-state index in [-0.39, 0.29) is 23.2 Å². The zero-order valence-electron chi connectivity index (χ0n) is 9.24.